The van der Waals surface area contributed by atoms with Crippen molar-refractivity contribution in [2.75, 3.05) is 19.3 Å². The van der Waals surface area contributed by atoms with Gasteiger partial charge in [-0.1, -0.05) is 19.3 Å². The normalized spacial score (nSPS) is 10.3. The first-order chi connectivity index (χ1) is 7.06. The molecule has 4 nitrogen and oxygen atoms in total. The van der Waals surface area contributed by atoms with Crippen LogP contribution in [0.1, 0.15) is 38.5 Å². The second-order valence-corrected chi connectivity index (χ2v) is 6.85. The molecule has 0 atom stereocenters. The molecule has 0 heterocycles. The van der Waals surface area contributed by atoms with Crippen molar-refractivity contribution in [1.82, 2.24) is 5.32 Å². The zero-order valence-corrected chi connectivity index (χ0v) is 16.8. The molecular formula is C9H20NNa2O3S2+. The molecule has 0 saturated carbocycles. The van der Waals surface area contributed by atoms with E-state index in [4.69, 9.17) is 0 Å². The predicted octanol–water partition coefficient (Wildman–Crippen LogP) is -4.90. The van der Waals surface area contributed by atoms with Gasteiger partial charge < -0.3 is 14.4 Å². The van der Waals surface area contributed by atoms with E-state index < -0.39 is 9.05 Å². The molecule has 0 aromatic carbocycles. The molecule has 0 amide bonds. The minimum absolute atomic E-state index is 0. The summed E-state index contributed by atoms with van der Waals surface area (Å²) in [6.07, 6.45) is 6.56. The minimum atomic E-state index is -4.07. The van der Waals surface area contributed by atoms with Crippen LogP contribution in [-0.2, 0) is 19.4 Å². The Morgan fingerprint density at radius 1 is 1.00 bits per heavy atom. The van der Waals surface area contributed by atoms with E-state index in [-0.39, 0.29) is 59.1 Å². The monoisotopic (exact) mass is 300 g/mol. The molecule has 0 unspecified atom stereocenters. The van der Waals surface area contributed by atoms with E-state index in [0.29, 0.717) is 16.1 Å². The van der Waals surface area contributed by atoms with Crippen molar-refractivity contribution in [3.8, 4) is 0 Å². The first kappa shape index (κ1) is 24.3. The number of nitrogens with one attached hydrogen (secondary N) is 1. The quantitative estimate of drug-likeness (QED) is 0.263. The molecule has 92 valence electrons. The summed E-state index contributed by atoms with van der Waals surface area (Å²) in [7, 11) is -1.61. The third-order valence-electron chi connectivity index (χ3n) is 2.05. The molecule has 0 bridgehead atoms. The molecule has 0 saturated heterocycles. The standard InChI is InChI=1S/C9H21NO3S2.2Na/c1-10-8-6-4-2-3-5-7-9-14-15(11,12)13;;/h10H,2-9H2,1H3,(H-,11,12,13);;/q;2*+1/p-1. The predicted molar refractivity (Wildman–Crippen MR) is 63.6 cm³/mol. The number of hydrogen-bond donors (Lipinski definition) is 1. The fourth-order valence-corrected chi connectivity index (χ4v) is 2.76. The summed E-state index contributed by atoms with van der Waals surface area (Å²) in [5.41, 5.74) is 0. The Morgan fingerprint density at radius 2 is 1.47 bits per heavy atom. The van der Waals surface area contributed by atoms with Gasteiger partial charge in [-0.3, -0.25) is 0 Å². The average molecular weight is 300 g/mol. The average Bonchev–Trinajstić information content (AvgIpc) is 2.14. The molecule has 0 aliphatic carbocycles. The van der Waals surface area contributed by atoms with Crippen molar-refractivity contribution >= 4 is 19.4 Å². The molecule has 8 heteroatoms. The van der Waals surface area contributed by atoms with Crippen molar-refractivity contribution in [2.45, 2.75) is 38.5 Å². The Bertz CT molecular complexity index is 251. The smallest absolute Gasteiger partial charge is 0.746 e. The Balaban J connectivity index is -0.000000980. The van der Waals surface area contributed by atoms with Gasteiger partial charge in [0, 0.05) is 6.42 Å². The van der Waals surface area contributed by atoms with Gasteiger partial charge >= 0.3 is 59.1 Å². The summed E-state index contributed by atoms with van der Waals surface area (Å²) in [4.78, 5) is 0. The van der Waals surface area contributed by atoms with Crippen LogP contribution in [0.4, 0.5) is 0 Å². The van der Waals surface area contributed by atoms with Gasteiger partial charge in [0.15, 0.2) is 5.75 Å². The molecule has 1 N–H and O–H groups in total. The maximum atomic E-state index is 10.2. The first-order valence-corrected chi connectivity index (χ1v) is 8.22. The molecular weight excluding hydrogens is 280 g/mol. The van der Waals surface area contributed by atoms with Gasteiger partial charge in [0.2, 0.25) is 10.3 Å². The Morgan fingerprint density at radius 3 is 1.94 bits per heavy atom. The van der Waals surface area contributed by atoms with Crippen LogP contribution in [0, 0.1) is 0 Å². The maximum absolute atomic E-state index is 10.2. The van der Waals surface area contributed by atoms with Crippen molar-refractivity contribution < 1.29 is 72.4 Å². The fraction of sp³-hybridized carbons (Fsp3) is 1.00. The summed E-state index contributed by atoms with van der Waals surface area (Å²) in [6.45, 7) is 1.06. The van der Waals surface area contributed by atoms with Crippen molar-refractivity contribution in [1.29, 1.82) is 0 Å². The van der Waals surface area contributed by atoms with Crippen LogP contribution < -0.4 is 64.4 Å². The summed E-state index contributed by atoms with van der Waals surface area (Å²) in [5, 5.41) is 3.09. The summed E-state index contributed by atoms with van der Waals surface area (Å²) < 4.78 is 30.7. The van der Waals surface area contributed by atoms with E-state index in [0.717, 1.165) is 25.8 Å². The molecule has 0 aliphatic heterocycles. The van der Waals surface area contributed by atoms with E-state index in [1.54, 1.807) is 0 Å². The molecule has 0 aromatic heterocycles. The third kappa shape index (κ3) is 23.7. The fourth-order valence-electron chi connectivity index (χ4n) is 1.27. The van der Waals surface area contributed by atoms with Crippen LogP contribution >= 0.6 is 0 Å². The van der Waals surface area contributed by atoms with Gasteiger partial charge in [-0.25, -0.2) is 4.21 Å². The van der Waals surface area contributed by atoms with Gasteiger partial charge in [0.1, 0.15) is 0 Å². The van der Waals surface area contributed by atoms with Crippen LogP contribution in [0.3, 0.4) is 0 Å². The number of rotatable bonds is 9. The second kappa shape index (κ2) is 16.3. The van der Waals surface area contributed by atoms with E-state index >= 15 is 0 Å². The molecule has 0 spiro atoms. The van der Waals surface area contributed by atoms with Crippen LogP contribution in [0.25, 0.3) is 0 Å². The van der Waals surface area contributed by atoms with E-state index in [9.17, 15) is 13.3 Å². The Labute approximate surface area is 153 Å². The first-order valence-electron chi connectivity index (χ1n) is 5.31. The van der Waals surface area contributed by atoms with Crippen LogP contribution in [0.15, 0.2) is 0 Å². The van der Waals surface area contributed by atoms with Crippen LogP contribution in [-0.4, -0.2) is 32.7 Å². The van der Waals surface area contributed by atoms with Crippen molar-refractivity contribution in [3.05, 3.63) is 0 Å². The van der Waals surface area contributed by atoms with Crippen molar-refractivity contribution in [2.24, 2.45) is 0 Å². The molecule has 0 rings (SSSR count). The van der Waals surface area contributed by atoms with Gasteiger partial charge in [0.05, 0.1) is 9.05 Å². The zero-order valence-electron chi connectivity index (χ0n) is 11.2. The van der Waals surface area contributed by atoms with Crippen molar-refractivity contribution in [3.63, 3.8) is 0 Å². The molecule has 0 aromatic rings. The Hall–Kier alpha value is 2.25. The van der Waals surface area contributed by atoms with E-state index in [1.807, 2.05) is 7.05 Å². The Kier molecular flexibility index (Phi) is 23.3. The topological polar surface area (TPSA) is 75.2 Å². The number of unbranched alkanes of at least 4 members (excludes halogenated alkanes) is 5. The summed E-state index contributed by atoms with van der Waals surface area (Å²) in [6, 6.07) is 0. The summed E-state index contributed by atoms with van der Waals surface area (Å²) in [5.74, 6) is 0.433. The van der Waals surface area contributed by atoms with Gasteiger partial charge in [-0.15, -0.1) is 0 Å². The second-order valence-electron chi connectivity index (χ2n) is 3.46. The molecule has 0 aliphatic rings. The zero-order chi connectivity index (χ0) is 11.6. The number of hydrogen-bond acceptors (Lipinski definition) is 4. The van der Waals surface area contributed by atoms with E-state index in [2.05, 4.69) is 5.32 Å². The minimum Gasteiger partial charge on any atom is -0.746 e. The molecule has 17 heavy (non-hydrogen) atoms. The van der Waals surface area contributed by atoms with Gasteiger partial charge in [0.25, 0.3) is 0 Å². The van der Waals surface area contributed by atoms with Crippen LogP contribution in [0.5, 0.6) is 0 Å². The van der Waals surface area contributed by atoms with Gasteiger partial charge in [-0.05, 0) is 26.4 Å². The summed E-state index contributed by atoms with van der Waals surface area (Å²) >= 11 is 0. The van der Waals surface area contributed by atoms with Gasteiger partial charge in [-0.2, -0.15) is 0 Å². The maximum Gasteiger partial charge on any atom is 1.00 e. The van der Waals surface area contributed by atoms with Crippen LogP contribution in [0.2, 0.25) is 0 Å². The molecule has 0 fully saturated rings. The van der Waals surface area contributed by atoms with E-state index in [1.165, 1.54) is 19.3 Å². The SMILES string of the molecule is CNCCCCCCCC[S+]=S(=O)([O-])[O-].[Na+].[Na+]. The third-order valence-corrected chi connectivity index (χ3v) is 4.16. The largest absolute Gasteiger partial charge is 1.00 e. The molecule has 0 radical (unpaired) electrons.